The van der Waals surface area contributed by atoms with Gasteiger partial charge in [0, 0.05) is 18.1 Å². The van der Waals surface area contributed by atoms with Crippen LogP contribution in [-0.4, -0.2) is 24.7 Å². The quantitative estimate of drug-likeness (QED) is 0.635. The van der Waals surface area contributed by atoms with Gasteiger partial charge in [-0.3, -0.25) is 0 Å². The van der Waals surface area contributed by atoms with Crippen LogP contribution in [0.5, 0.6) is 0 Å². The van der Waals surface area contributed by atoms with Gasteiger partial charge in [0.05, 0.1) is 0 Å². The molecule has 1 saturated heterocycles. The SMILES string of the molecule is CCCCCC(C)NC(C)CC1CCCCN1. The molecule has 0 aliphatic carbocycles. The first kappa shape index (κ1) is 15.0. The third-order valence-electron chi connectivity index (χ3n) is 3.86. The summed E-state index contributed by atoms with van der Waals surface area (Å²) in [5.74, 6) is 0. The lowest BCUT2D eigenvalue weighted by molar-refractivity contribution is 0.327. The van der Waals surface area contributed by atoms with E-state index in [1.165, 1.54) is 57.9 Å². The van der Waals surface area contributed by atoms with Crippen molar-refractivity contribution in [3.05, 3.63) is 0 Å². The normalized spacial score (nSPS) is 24.5. The second-order valence-electron chi connectivity index (χ2n) is 5.85. The van der Waals surface area contributed by atoms with Crippen molar-refractivity contribution in [3.63, 3.8) is 0 Å². The van der Waals surface area contributed by atoms with Crippen LogP contribution in [0.2, 0.25) is 0 Å². The predicted octanol–water partition coefficient (Wildman–Crippen LogP) is 3.47. The van der Waals surface area contributed by atoms with E-state index in [4.69, 9.17) is 0 Å². The Hall–Kier alpha value is -0.0800. The fraction of sp³-hybridized carbons (Fsp3) is 1.00. The monoisotopic (exact) mass is 240 g/mol. The molecule has 3 unspecified atom stereocenters. The number of hydrogen-bond acceptors (Lipinski definition) is 2. The molecule has 2 nitrogen and oxygen atoms in total. The van der Waals surface area contributed by atoms with Crippen molar-refractivity contribution in [2.24, 2.45) is 0 Å². The Morgan fingerprint density at radius 3 is 2.65 bits per heavy atom. The Balaban J connectivity index is 2.07. The summed E-state index contributed by atoms with van der Waals surface area (Å²) in [6, 6.07) is 2.09. The molecule has 1 heterocycles. The zero-order chi connectivity index (χ0) is 12.5. The number of unbranched alkanes of at least 4 members (excludes halogenated alkanes) is 2. The molecule has 0 spiro atoms. The average molecular weight is 240 g/mol. The molecule has 0 amide bonds. The van der Waals surface area contributed by atoms with Crippen molar-refractivity contribution in [1.82, 2.24) is 10.6 Å². The van der Waals surface area contributed by atoms with Gasteiger partial charge in [-0.1, -0.05) is 32.6 Å². The molecule has 0 radical (unpaired) electrons. The second kappa shape index (κ2) is 8.93. The lowest BCUT2D eigenvalue weighted by Crippen LogP contribution is -2.42. The minimum absolute atomic E-state index is 0.655. The summed E-state index contributed by atoms with van der Waals surface area (Å²) in [6.45, 7) is 8.17. The molecule has 2 N–H and O–H groups in total. The molecular formula is C15H32N2. The van der Waals surface area contributed by atoms with Gasteiger partial charge in [-0.2, -0.15) is 0 Å². The maximum Gasteiger partial charge on any atom is 0.00817 e. The minimum atomic E-state index is 0.655. The summed E-state index contributed by atoms with van der Waals surface area (Å²) in [5, 5.41) is 7.38. The molecule has 1 aliphatic heterocycles. The van der Waals surface area contributed by atoms with Gasteiger partial charge >= 0.3 is 0 Å². The molecule has 0 aromatic carbocycles. The molecule has 3 atom stereocenters. The summed E-state index contributed by atoms with van der Waals surface area (Å²) < 4.78 is 0. The van der Waals surface area contributed by atoms with Crippen LogP contribution >= 0.6 is 0 Å². The molecule has 1 aliphatic rings. The van der Waals surface area contributed by atoms with Gasteiger partial charge in [-0.15, -0.1) is 0 Å². The Kier molecular flexibility index (Phi) is 7.87. The second-order valence-corrected chi connectivity index (χ2v) is 5.85. The Bertz CT molecular complexity index is 176. The summed E-state index contributed by atoms with van der Waals surface area (Å²) in [7, 11) is 0. The summed E-state index contributed by atoms with van der Waals surface area (Å²) >= 11 is 0. The smallest absolute Gasteiger partial charge is 0.00817 e. The van der Waals surface area contributed by atoms with E-state index in [9.17, 15) is 0 Å². The number of nitrogens with one attached hydrogen (secondary N) is 2. The Labute approximate surface area is 108 Å². The highest BCUT2D eigenvalue weighted by Gasteiger charge is 2.16. The number of hydrogen-bond donors (Lipinski definition) is 2. The zero-order valence-electron chi connectivity index (χ0n) is 12.1. The molecule has 0 aromatic rings. The molecule has 0 aromatic heterocycles. The maximum atomic E-state index is 3.75. The van der Waals surface area contributed by atoms with Crippen LogP contribution in [0.4, 0.5) is 0 Å². The van der Waals surface area contributed by atoms with Crippen LogP contribution in [0, 0.1) is 0 Å². The minimum Gasteiger partial charge on any atom is -0.314 e. The molecule has 1 rings (SSSR count). The maximum absolute atomic E-state index is 3.75. The predicted molar refractivity (Wildman–Crippen MR) is 76.5 cm³/mol. The molecule has 2 heteroatoms. The highest BCUT2D eigenvalue weighted by atomic mass is 15.0. The lowest BCUT2D eigenvalue weighted by atomic mass is 9.98. The first-order valence-corrected chi connectivity index (χ1v) is 7.71. The largest absolute Gasteiger partial charge is 0.314 e. The highest BCUT2D eigenvalue weighted by Crippen LogP contribution is 2.12. The zero-order valence-corrected chi connectivity index (χ0v) is 12.1. The van der Waals surface area contributed by atoms with Gasteiger partial charge in [0.25, 0.3) is 0 Å². The van der Waals surface area contributed by atoms with Gasteiger partial charge in [-0.05, 0) is 46.1 Å². The fourth-order valence-electron chi connectivity index (χ4n) is 2.89. The van der Waals surface area contributed by atoms with E-state index in [1.807, 2.05) is 0 Å². The van der Waals surface area contributed by atoms with Gasteiger partial charge in [0.15, 0.2) is 0 Å². The summed E-state index contributed by atoms with van der Waals surface area (Å²) in [6.07, 6.45) is 10.9. The number of rotatable bonds is 8. The third kappa shape index (κ3) is 7.05. The van der Waals surface area contributed by atoms with Crippen molar-refractivity contribution in [2.75, 3.05) is 6.54 Å². The highest BCUT2D eigenvalue weighted by molar-refractivity contribution is 4.78. The summed E-state index contributed by atoms with van der Waals surface area (Å²) in [4.78, 5) is 0. The van der Waals surface area contributed by atoms with Gasteiger partial charge in [0.1, 0.15) is 0 Å². The van der Waals surface area contributed by atoms with Crippen molar-refractivity contribution >= 4 is 0 Å². The van der Waals surface area contributed by atoms with Gasteiger partial charge in [0.2, 0.25) is 0 Å². The molecule has 0 bridgehead atoms. The molecule has 1 fully saturated rings. The van der Waals surface area contributed by atoms with E-state index < -0.39 is 0 Å². The van der Waals surface area contributed by atoms with E-state index in [0.29, 0.717) is 12.1 Å². The van der Waals surface area contributed by atoms with E-state index in [1.54, 1.807) is 0 Å². The molecule has 102 valence electrons. The molecular weight excluding hydrogens is 208 g/mol. The summed E-state index contributed by atoms with van der Waals surface area (Å²) in [5.41, 5.74) is 0. The molecule has 17 heavy (non-hydrogen) atoms. The Morgan fingerprint density at radius 1 is 1.18 bits per heavy atom. The van der Waals surface area contributed by atoms with E-state index in [2.05, 4.69) is 31.4 Å². The fourth-order valence-corrected chi connectivity index (χ4v) is 2.89. The van der Waals surface area contributed by atoms with Crippen molar-refractivity contribution in [2.45, 2.75) is 90.3 Å². The number of piperidine rings is 1. The van der Waals surface area contributed by atoms with Crippen LogP contribution in [0.25, 0.3) is 0 Å². The van der Waals surface area contributed by atoms with Crippen LogP contribution in [0.15, 0.2) is 0 Å². The lowest BCUT2D eigenvalue weighted by Gasteiger charge is -2.28. The standard InChI is InChI=1S/C15H32N2/c1-4-5-6-9-13(2)17-14(3)12-15-10-7-8-11-16-15/h13-17H,4-12H2,1-3H3. The van der Waals surface area contributed by atoms with E-state index in [-0.39, 0.29) is 0 Å². The van der Waals surface area contributed by atoms with Crippen LogP contribution in [0.3, 0.4) is 0 Å². The van der Waals surface area contributed by atoms with E-state index >= 15 is 0 Å². The van der Waals surface area contributed by atoms with Gasteiger partial charge < -0.3 is 10.6 Å². The van der Waals surface area contributed by atoms with Crippen LogP contribution in [-0.2, 0) is 0 Å². The first-order valence-electron chi connectivity index (χ1n) is 7.71. The van der Waals surface area contributed by atoms with E-state index in [0.717, 1.165) is 6.04 Å². The topological polar surface area (TPSA) is 24.1 Å². The van der Waals surface area contributed by atoms with Crippen LogP contribution < -0.4 is 10.6 Å². The molecule has 0 saturated carbocycles. The Morgan fingerprint density at radius 2 is 2.00 bits per heavy atom. The third-order valence-corrected chi connectivity index (χ3v) is 3.86. The first-order chi connectivity index (χ1) is 8.22. The van der Waals surface area contributed by atoms with Crippen molar-refractivity contribution in [3.8, 4) is 0 Å². The van der Waals surface area contributed by atoms with Crippen molar-refractivity contribution in [1.29, 1.82) is 0 Å². The van der Waals surface area contributed by atoms with Gasteiger partial charge in [-0.25, -0.2) is 0 Å². The average Bonchev–Trinajstić information content (AvgIpc) is 2.30. The van der Waals surface area contributed by atoms with Crippen molar-refractivity contribution < 1.29 is 0 Å². The van der Waals surface area contributed by atoms with Crippen LogP contribution in [0.1, 0.15) is 72.1 Å².